The second-order valence-corrected chi connectivity index (χ2v) is 8.57. The van der Waals surface area contributed by atoms with E-state index in [0.29, 0.717) is 5.56 Å². The number of benzene rings is 2. The third-order valence-electron chi connectivity index (χ3n) is 6.15. The quantitative estimate of drug-likeness (QED) is 0.229. The summed E-state index contributed by atoms with van der Waals surface area (Å²) in [7, 11) is 0. The predicted molar refractivity (Wildman–Crippen MR) is 130 cm³/mol. The van der Waals surface area contributed by atoms with Crippen molar-refractivity contribution in [2.24, 2.45) is 0 Å². The number of tetrazole rings is 1. The number of carbonyl (C=O) groups excluding carboxylic acids is 4. The van der Waals surface area contributed by atoms with Gasteiger partial charge in [-0.1, -0.05) is 18.2 Å². The van der Waals surface area contributed by atoms with E-state index >= 15 is 0 Å². The van der Waals surface area contributed by atoms with Crippen molar-refractivity contribution in [3.8, 4) is 5.69 Å². The molecular weight excluding hydrogens is 497 g/mol. The summed E-state index contributed by atoms with van der Waals surface area (Å²) in [4.78, 5) is 56.8. The minimum Gasteiger partial charge on any atom is -0.457 e. The largest absolute Gasteiger partial charge is 0.457 e. The highest BCUT2D eigenvalue weighted by Crippen LogP contribution is 2.27. The number of fused-ring (bicyclic) bond motifs is 1. The van der Waals surface area contributed by atoms with Gasteiger partial charge in [-0.2, -0.15) is 0 Å². The van der Waals surface area contributed by atoms with E-state index in [9.17, 15) is 23.6 Å². The Morgan fingerprint density at radius 2 is 1.71 bits per heavy atom. The van der Waals surface area contributed by atoms with E-state index in [4.69, 9.17) is 4.74 Å². The Morgan fingerprint density at radius 3 is 2.42 bits per heavy atom. The molecule has 13 heteroatoms. The molecule has 2 aromatic heterocycles. The Labute approximate surface area is 215 Å². The Balaban J connectivity index is 1.33. The molecule has 0 spiro atoms. The molecular formula is C25H22FN7O5. The first-order valence-corrected chi connectivity index (χ1v) is 11.7. The van der Waals surface area contributed by atoms with Crippen molar-refractivity contribution in [2.75, 3.05) is 26.2 Å². The van der Waals surface area contributed by atoms with Crippen LogP contribution >= 0.6 is 0 Å². The van der Waals surface area contributed by atoms with E-state index in [0.717, 1.165) is 10.9 Å². The summed E-state index contributed by atoms with van der Waals surface area (Å²) in [6, 6.07) is 11.3. The Morgan fingerprint density at radius 1 is 1.00 bits per heavy atom. The van der Waals surface area contributed by atoms with Crippen LogP contribution < -0.4 is 0 Å². The van der Waals surface area contributed by atoms with Crippen LogP contribution in [-0.2, 0) is 20.9 Å². The molecule has 0 unspecified atom stereocenters. The number of ether oxygens (including phenoxy) is 1. The van der Waals surface area contributed by atoms with Crippen molar-refractivity contribution < 1.29 is 28.3 Å². The van der Waals surface area contributed by atoms with Gasteiger partial charge in [-0.15, -0.1) is 15.0 Å². The van der Waals surface area contributed by atoms with Gasteiger partial charge in [0.2, 0.25) is 5.82 Å². The number of amides is 2. The molecule has 0 aliphatic carbocycles. The van der Waals surface area contributed by atoms with Crippen LogP contribution in [0.2, 0.25) is 0 Å². The zero-order valence-corrected chi connectivity index (χ0v) is 20.3. The normalized spacial score (nSPS) is 13.5. The summed E-state index contributed by atoms with van der Waals surface area (Å²) in [6.07, 6.45) is 1.27. The Hall–Kier alpha value is -4.94. The van der Waals surface area contributed by atoms with Gasteiger partial charge < -0.3 is 19.5 Å². The summed E-state index contributed by atoms with van der Waals surface area (Å²) in [5.41, 5.74) is 0.888. The number of aromatic amines is 1. The molecule has 1 fully saturated rings. The van der Waals surface area contributed by atoms with Gasteiger partial charge >= 0.3 is 5.97 Å². The van der Waals surface area contributed by atoms with E-state index in [1.54, 1.807) is 29.2 Å². The second kappa shape index (κ2) is 10.2. The van der Waals surface area contributed by atoms with Gasteiger partial charge in [0.15, 0.2) is 6.61 Å². The number of H-pyrrole nitrogens is 1. The van der Waals surface area contributed by atoms with Crippen LogP contribution in [0.25, 0.3) is 16.6 Å². The smallest absolute Gasteiger partial charge is 0.303 e. The van der Waals surface area contributed by atoms with Gasteiger partial charge in [0.1, 0.15) is 11.5 Å². The highest BCUT2D eigenvalue weighted by Gasteiger charge is 2.31. The maximum absolute atomic E-state index is 14.9. The minimum atomic E-state index is -0.878. The number of ketones is 1. The molecule has 38 heavy (non-hydrogen) atoms. The SMILES string of the molecule is CC(=O)OCc1nnn(-c2ccc(F)c3c(C(=O)C(=O)N4CCN(C(=O)c5ccccc5)CC4)c[nH]c23)n1. The predicted octanol–water partition coefficient (Wildman–Crippen LogP) is 1.51. The molecule has 4 aromatic rings. The van der Waals surface area contributed by atoms with Crippen molar-refractivity contribution in [1.29, 1.82) is 0 Å². The maximum Gasteiger partial charge on any atom is 0.303 e. The second-order valence-electron chi connectivity index (χ2n) is 8.57. The number of hydrogen-bond acceptors (Lipinski definition) is 8. The zero-order valence-electron chi connectivity index (χ0n) is 20.3. The fourth-order valence-corrected chi connectivity index (χ4v) is 4.24. The lowest BCUT2D eigenvalue weighted by Crippen LogP contribution is -2.52. The average molecular weight is 519 g/mol. The lowest BCUT2D eigenvalue weighted by atomic mass is 10.1. The van der Waals surface area contributed by atoms with E-state index in [-0.39, 0.29) is 66.7 Å². The van der Waals surface area contributed by atoms with Crippen LogP contribution in [0.15, 0.2) is 48.7 Å². The average Bonchev–Trinajstić information content (AvgIpc) is 3.60. The van der Waals surface area contributed by atoms with Crippen molar-refractivity contribution in [3.63, 3.8) is 0 Å². The van der Waals surface area contributed by atoms with Crippen LogP contribution in [0.1, 0.15) is 33.5 Å². The number of carbonyl (C=O) groups is 4. The van der Waals surface area contributed by atoms with Crippen LogP contribution in [0.5, 0.6) is 0 Å². The molecule has 1 saturated heterocycles. The summed E-state index contributed by atoms with van der Waals surface area (Å²) in [5.74, 6) is -2.90. The number of hydrogen-bond donors (Lipinski definition) is 1. The molecule has 194 valence electrons. The van der Waals surface area contributed by atoms with E-state index in [2.05, 4.69) is 20.4 Å². The molecule has 12 nitrogen and oxygen atoms in total. The van der Waals surface area contributed by atoms with Gasteiger partial charge in [0, 0.05) is 50.2 Å². The number of esters is 1. The fourth-order valence-electron chi connectivity index (χ4n) is 4.24. The van der Waals surface area contributed by atoms with Crippen LogP contribution in [0.3, 0.4) is 0 Å². The third kappa shape index (κ3) is 4.73. The van der Waals surface area contributed by atoms with Crippen LogP contribution in [0, 0.1) is 5.82 Å². The Bertz CT molecular complexity index is 1540. The van der Waals surface area contributed by atoms with E-state index in [1.807, 2.05) is 6.07 Å². The molecule has 2 amide bonds. The first-order chi connectivity index (χ1) is 18.3. The van der Waals surface area contributed by atoms with Crippen molar-refractivity contribution >= 4 is 34.5 Å². The van der Waals surface area contributed by atoms with Crippen molar-refractivity contribution in [3.05, 3.63) is 71.4 Å². The summed E-state index contributed by atoms with van der Waals surface area (Å²) in [6.45, 7) is 1.95. The highest BCUT2D eigenvalue weighted by atomic mass is 19.1. The molecule has 0 atom stereocenters. The maximum atomic E-state index is 14.9. The monoisotopic (exact) mass is 519 g/mol. The number of nitrogens with zero attached hydrogens (tertiary/aromatic N) is 6. The molecule has 2 aromatic carbocycles. The number of nitrogens with one attached hydrogen (secondary N) is 1. The van der Waals surface area contributed by atoms with Gasteiger partial charge in [-0.25, -0.2) is 4.39 Å². The molecule has 0 saturated carbocycles. The van der Waals surface area contributed by atoms with Crippen LogP contribution in [-0.4, -0.2) is 84.7 Å². The molecule has 1 N–H and O–H groups in total. The molecule has 5 rings (SSSR count). The van der Waals surface area contributed by atoms with Crippen molar-refractivity contribution in [1.82, 2.24) is 35.0 Å². The van der Waals surface area contributed by atoms with E-state index in [1.165, 1.54) is 24.1 Å². The summed E-state index contributed by atoms with van der Waals surface area (Å²) >= 11 is 0. The highest BCUT2D eigenvalue weighted by molar-refractivity contribution is 6.45. The number of rotatable bonds is 6. The summed E-state index contributed by atoms with van der Waals surface area (Å²) in [5, 5.41) is 11.7. The van der Waals surface area contributed by atoms with Gasteiger partial charge in [0.05, 0.1) is 11.1 Å². The molecule has 0 radical (unpaired) electrons. The first kappa shape index (κ1) is 24.7. The molecule has 3 heterocycles. The minimum absolute atomic E-state index is 0.0856. The summed E-state index contributed by atoms with van der Waals surface area (Å²) < 4.78 is 19.7. The topological polar surface area (TPSA) is 143 Å². The lowest BCUT2D eigenvalue weighted by molar-refractivity contribution is -0.142. The third-order valence-corrected chi connectivity index (χ3v) is 6.15. The number of aromatic nitrogens is 5. The molecule has 0 bridgehead atoms. The standard InChI is InChI=1S/C25H22FN7O5/c1-15(34)38-14-20-28-30-33(29-20)19-8-7-18(26)21-17(13-27-22(19)21)23(35)25(37)32-11-9-31(10-12-32)24(36)16-5-3-2-4-6-16/h2-8,13,27H,9-12,14H2,1H3. The number of Topliss-reactive ketones (excluding diaryl/α,β-unsaturated/α-hetero) is 1. The van der Waals surface area contributed by atoms with Gasteiger partial charge in [0.25, 0.3) is 17.6 Å². The Kier molecular flexibility index (Phi) is 6.64. The van der Waals surface area contributed by atoms with Crippen molar-refractivity contribution in [2.45, 2.75) is 13.5 Å². The molecule has 1 aliphatic heterocycles. The first-order valence-electron chi connectivity index (χ1n) is 11.7. The number of halogens is 1. The van der Waals surface area contributed by atoms with Gasteiger partial charge in [-0.05, 0) is 29.5 Å². The fraction of sp³-hybridized carbons (Fsp3) is 0.240. The lowest BCUT2D eigenvalue weighted by Gasteiger charge is -2.34. The van der Waals surface area contributed by atoms with E-state index < -0.39 is 23.5 Å². The zero-order chi connectivity index (χ0) is 26.8. The van der Waals surface area contributed by atoms with Crippen LogP contribution in [0.4, 0.5) is 4.39 Å². The van der Waals surface area contributed by atoms with Gasteiger partial charge in [-0.3, -0.25) is 19.2 Å². The number of piperazine rings is 1. The molecule has 1 aliphatic rings.